The molecule has 1 aliphatic carbocycles. The largest absolute Gasteiger partial charge is 0.393 e. The SMILES string of the molecule is Cc1ccccc1C1=CC[C@H](O)CC1. The number of rotatable bonds is 1. The zero-order valence-corrected chi connectivity index (χ0v) is 8.53. The summed E-state index contributed by atoms with van der Waals surface area (Å²) >= 11 is 0. The molecule has 1 N–H and O–H groups in total. The summed E-state index contributed by atoms with van der Waals surface area (Å²) in [4.78, 5) is 0. The molecule has 1 aliphatic rings. The maximum Gasteiger partial charge on any atom is 0.0578 e. The Morgan fingerprint density at radius 2 is 2.07 bits per heavy atom. The fourth-order valence-electron chi connectivity index (χ4n) is 2.00. The summed E-state index contributed by atoms with van der Waals surface area (Å²) in [5, 5.41) is 9.40. The quantitative estimate of drug-likeness (QED) is 0.718. The lowest BCUT2D eigenvalue weighted by Crippen LogP contribution is -2.09. The molecule has 0 spiro atoms. The maximum atomic E-state index is 9.40. The predicted octanol–water partition coefficient (Wildman–Crippen LogP) is 2.92. The van der Waals surface area contributed by atoms with Crippen molar-refractivity contribution in [1.82, 2.24) is 0 Å². The summed E-state index contributed by atoms with van der Waals surface area (Å²) in [6.45, 7) is 2.14. The number of hydrogen-bond donors (Lipinski definition) is 1. The van der Waals surface area contributed by atoms with Crippen LogP contribution in [0.1, 0.15) is 30.4 Å². The number of aryl methyl sites for hydroxylation is 1. The molecule has 0 saturated heterocycles. The minimum absolute atomic E-state index is 0.122. The third-order valence-corrected chi connectivity index (χ3v) is 2.87. The summed E-state index contributed by atoms with van der Waals surface area (Å²) in [6.07, 6.45) is 4.77. The van der Waals surface area contributed by atoms with Gasteiger partial charge in [0.1, 0.15) is 0 Å². The monoisotopic (exact) mass is 188 g/mol. The average molecular weight is 188 g/mol. The van der Waals surface area contributed by atoms with Gasteiger partial charge in [-0.3, -0.25) is 0 Å². The fourth-order valence-corrected chi connectivity index (χ4v) is 2.00. The lowest BCUT2D eigenvalue weighted by atomic mass is 9.90. The van der Waals surface area contributed by atoms with E-state index in [0.717, 1.165) is 19.3 Å². The average Bonchev–Trinajstić information content (AvgIpc) is 2.20. The molecule has 0 aromatic heterocycles. The Kier molecular flexibility index (Phi) is 2.69. The number of aliphatic hydroxyl groups excluding tert-OH is 1. The van der Waals surface area contributed by atoms with Crippen LogP contribution in [0.15, 0.2) is 30.3 Å². The van der Waals surface area contributed by atoms with Gasteiger partial charge in [-0.05, 0) is 42.9 Å². The number of allylic oxidation sites excluding steroid dienone is 1. The highest BCUT2D eigenvalue weighted by Gasteiger charge is 2.13. The van der Waals surface area contributed by atoms with E-state index >= 15 is 0 Å². The highest BCUT2D eigenvalue weighted by atomic mass is 16.3. The van der Waals surface area contributed by atoms with Crippen molar-refractivity contribution >= 4 is 5.57 Å². The van der Waals surface area contributed by atoms with Gasteiger partial charge in [0.25, 0.3) is 0 Å². The number of hydrogen-bond acceptors (Lipinski definition) is 1. The molecule has 2 rings (SSSR count). The minimum atomic E-state index is -0.122. The Labute approximate surface area is 85.1 Å². The summed E-state index contributed by atoms with van der Waals surface area (Å²) in [5.74, 6) is 0. The first-order valence-electron chi connectivity index (χ1n) is 5.20. The van der Waals surface area contributed by atoms with Crippen molar-refractivity contribution in [2.75, 3.05) is 0 Å². The molecule has 14 heavy (non-hydrogen) atoms. The summed E-state index contributed by atoms with van der Waals surface area (Å²) in [6, 6.07) is 8.45. The molecule has 1 nitrogen and oxygen atoms in total. The van der Waals surface area contributed by atoms with Crippen LogP contribution in [0.4, 0.5) is 0 Å². The molecule has 0 aliphatic heterocycles. The van der Waals surface area contributed by atoms with Crippen LogP contribution in [0, 0.1) is 6.92 Å². The molecular weight excluding hydrogens is 172 g/mol. The molecule has 0 fully saturated rings. The molecular formula is C13H16O. The van der Waals surface area contributed by atoms with Crippen LogP contribution in [0.3, 0.4) is 0 Å². The van der Waals surface area contributed by atoms with Gasteiger partial charge in [0, 0.05) is 0 Å². The normalized spacial score (nSPS) is 21.9. The first kappa shape index (κ1) is 9.47. The molecule has 1 aromatic carbocycles. The molecule has 0 radical (unpaired) electrons. The van der Waals surface area contributed by atoms with Crippen molar-refractivity contribution in [1.29, 1.82) is 0 Å². The highest BCUT2D eigenvalue weighted by molar-refractivity contribution is 5.68. The third kappa shape index (κ3) is 1.88. The van der Waals surface area contributed by atoms with Gasteiger partial charge in [-0.2, -0.15) is 0 Å². The molecule has 0 heterocycles. The van der Waals surface area contributed by atoms with Crippen molar-refractivity contribution < 1.29 is 5.11 Å². The molecule has 0 bridgehead atoms. The molecule has 1 heteroatoms. The Hall–Kier alpha value is -1.08. The highest BCUT2D eigenvalue weighted by Crippen LogP contribution is 2.28. The van der Waals surface area contributed by atoms with Crippen molar-refractivity contribution in [2.24, 2.45) is 0 Å². The van der Waals surface area contributed by atoms with E-state index in [9.17, 15) is 5.11 Å². The van der Waals surface area contributed by atoms with Crippen LogP contribution < -0.4 is 0 Å². The van der Waals surface area contributed by atoms with Crippen molar-refractivity contribution in [3.63, 3.8) is 0 Å². The van der Waals surface area contributed by atoms with Crippen LogP contribution >= 0.6 is 0 Å². The van der Waals surface area contributed by atoms with E-state index in [-0.39, 0.29) is 6.10 Å². The first-order valence-corrected chi connectivity index (χ1v) is 5.20. The molecule has 0 saturated carbocycles. The summed E-state index contributed by atoms with van der Waals surface area (Å²) < 4.78 is 0. The van der Waals surface area contributed by atoms with E-state index in [4.69, 9.17) is 0 Å². The zero-order valence-electron chi connectivity index (χ0n) is 8.53. The third-order valence-electron chi connectivity index (χ3n) is 2.87. The molecule has 1 aromatic rings. The van der Waals surface area contributed by atoms with Crippen LogP contribution in [0.25, 0.3) is 5.57 Å². The van der Waals surface area contributed by atoms with E-state index in [0.29, 0.717) is 0 Å². The fraction of sp³-hybridized carbons (Fsp3) is 0.385. The van der Waals surface area contributed by atoms with Gasteiger partial charge in [0.2, 0.25) is 0 Å². The zero-order chi connectivity index (χ0) is 9.97. The van der Waals surface area contributed by atoms with Gasteiger partial charge in [-0.15, -0.1) is 0 Å². The van der Waals surface area contributed by atoms with E-state index < -0.39 is 0 Å². The van der Waals surface area contributed by atoms with Gasteiger partial charge < -0.3 is 5.11 Å². The van der Waals surface area contributed by atoms with Crippen molar-refractivity contribution in [2.45, 2.75) is 32.3 Å². The molecule has 0 unspecified atom stereocenters. The topological polar surface area (TPSA) is 20.2 Å². The van der Waals surface area contributed by atoms with Crippen LogP contribution in [-0.2, 0) is 0 Å². The minimum Gasteiger partial charge on any atom is -0.393 e. The van der Waals surface area contributed by atoms with Gasteiger partial charge in [-0.1, -0.05) is 30.3 Å². The second kappa shape index (κ2) is 3.97. The van der Waals surface area contributed by atoms with Gasteiger partial charge in [0.05, 0.1) is 6.10 Å². The van der Waals surface area contributed by atoms with E-state index in [2.05, 4.69) is 37.3 Å². The summed E-state index contributed by atoms with van der Waals surface area (Å²) in [5.41, 5.74) is 4.07. The van der Waals surface area contributed by atoms with E-state index in [1.807, 2.05) is 0 Å². The maximum absolute atomic E-state index is 9.40. The molecule has 1 atom stereocenters. The predicted molar refractivity (Wildman–Crippen MR) is 59.0 cm³/mol. The number of benzene rings is 1. The van der Waals surface area contributed by atoms with E-state index in [1.165, 1.54) is 16.7 Å². The summed E-state index contributed by atoms with van der Waals surface area (Å²) in [7, 11) is 0. The molecule has 0 amide bonds. The van der Waals surface area contributed by atoms with Crippen molar-refractivity contribution in [3.8, 4) is 0 Å². The molecule has 74 valence electrons. The first-order chi connectivity index (χ1) is 6.77. The lowest BCUT2D eigenvalue weighted by molar-refractivity contribution is 0.166. The Balaban J connectivity index is 2.28. The van der Waals surface area contributed by atoms with Gasteiger partial charge >= 0.3 is 0 Å². The smallest absolute Gasteiger partial charge is 0.0578 e. The lowest BCUT2D eigenvalue weighted by Gasteiger charge is -2.18. The standard InChI is InChI=1S/C13H16O/c1-10-4-2-3-5-13(10)11-6-8-12(14)9-7-11/h2-6,12,14H,7-9H2,1H3/t12-/m0/s1. The van der Waals surface area contributed by atoms with Crippen molar-refractivity contribution in [3.05, 3.63) is 41.5 Å². The van der Waals surface area contributed by atoms with Crippen LogP contribution in [-0.4, -0.2) is 11.2 Å². The van der Waals surface area contributed by atoms with Crippen LogP contribution in [0.2, 0.25) is 0 Å². The Morgan fingerprint density at radius 1 is 1.29 bits per heavy atom. The second-order valence-corrected chi connectivity index (χ2v) is 3.97. The van der Waals surface area contributed by atoms with Crippen LogP contribution in [0.5, 0.6) is 0 Å². The van der Waals surface area contributed by atoms with E-state index in [1.54, 1.807) is 0 Å². The Bertz CT molecular complexity index is 352. The number of aliphatic hydroxyl groups is 1. The Morgan fingerprint density at radius 3 is 2.71 bits per heavy atom. The van der Waals surface area contributed by atoms with Gasteiger partial charge in [0.15, 0.2) is 0 Å². The van der Waals surface area contributed by atoms with Gasteiger partial charge in [-0.25, -0.2) is 0 Å². The second-order valence-electron chi connectivity index (χ2n) is 3.97.